The average molecular weight is 366 g/mol. The van der Waals surface area contributed by atoms with Gasteiger partial charge in [-0.25, -0.2) is 4.79 Å². The lowest BCUT2D eigenvalue weighted by Crippen LogP contribution is -2.16. The number of anilines is 1. The van der Waals surface area contributed by atoms with Gasteiger partial charge in [-0.3, -0.25) is 4.79 Å². The van der Waals surface area contributed by atoms with Crippen molar-refractivity contribution in [2.24, 2.45) is 0 Å². The molecule has 8 heteroatoms. The van der Waals surface area contributed by atoms with E-state index in [1.165, 1.54) is 18.2 Å². The minimum atomic E-state index is -3.01. The maximum Gasteiger partial charge on any atom is 0.387 e. The molecule has 140 valence electrons. The molecule has 0 bridgehead atoms. The number of halogens is 2. The number of alkyl halides is 2. The maximum absolute atomic E-state index is 12.5. The number of benzene rings is 1. The summed E-state index contributed by atoms with van der Waals surface area (Å²) < 4.78 is 34.5. The third kappa shape index (κ3) is 4.38. The van der Waals surface area contributed by atoms with E-state index in [0.29, 0.717) is 11.3 Å². The second kappa shape index (κ2) is 7.99. The van der Waals surface area contributed by atoms with Crippen molar-refractivity contribution in [1.29, 1.82) is 0 Å². The van der Waals surface area contributed by atoms with E-state index < -0.39 is 18.5 Å². The third-order valence-electron chi connectivity index (χ3n) is 3.56. The van der Waals surface area contributed by atoms with Gasteiger partial charge < -0.3 is 19.8 Å². The van der Waals surface area contributed by atoms with Gasteiger partial charge in [-0.05, 0) is 45.4 Å². The molecule has 0 aliphatic heterocycles. The van der Waals surface area contributed by atoms with Crippen LogP contribution in [-0.2, 0) is 4.74 Å². The van der Waals surface area contributed by atoms with Crippen LogP contribution < -0.4 is 10.1 Å². The van der Waals surface area contributed by atoms with Crippen molar-refractivity contribution in [1.82, 2.24) is 4.98 Å². The summed E-state index contributed by atoms with van der Waals surface area (Å²) in [5, 5.41) is 2.51. The number of H-pyrrole nitrogens is 1. The van der Waals surface area contributed by atoms with E-state index in [1.807, 2.05) is 0 Å². The predicted octanol–water partition coefficient (Wildman–Crippen LogP) is 4.05. The number of carbonyl (C=O) groups is 2. The van der Waals surface area contributed by atoms with E-state index in [0.717, 1.165) is 0 Å². The highest BCUT2D eigenvalue weighted by Crippen LogP contribution is 2.27. The van der Waals surface area contributed by atoms with E-state index in [-0.39, 0.29) is 28.8 Å². The molecule has 0 atom stereocenters. The van der Waals surface area contributed by atoms with Crippen LogP contribution in [-0.4, -0.2) is 29.6 Å². The van der Waals surface area contributed by atoms with Gasteiger partial charge in [-0.2, -0.15) is 8.78 Å². The van der Waals surface area contributed by atoms with Gasteiger partial charge in [0.25, 0.3) is 5.91 Å². The van der Waals surface area contributed by atoms with Crippen LogP contribution in [0.25, 0.3) is 0 Å². The van der Waals surface area contributed by atoms with E-state index in [2.05, 4.69) is 15.0 Å². The number of para-hydroxylation sites is 2. The quantitative estimate of drug-likeness (QED) is 0.756. The lowest BCUT2D eigenvalue weighted by molar-refractivity contribution is -0.0493. The van der Waals surface area contributed by atoms with Gasteiger partial charge in [0.05, 0.1) is 17.4 Å². The second-order valence-corrected chi connectivity index (χ2v) is 5.91. The summed E-state index contributed by atoms with van der Waals surface area (Å²) in [5.74, 6) is -1.28. The molecule has 26 heavy (non-hydrogen) atoms. The number of aryl methyl sites for hydroxylation is 1. The fourth-order valence-corrected chi connectivity index (χ4v) is 2.51. The fraction of sp³-hybridized carbons (Fsp3) is 0.333. The van der Waals surface area contributed by atoms with Crippen molar-refractivity contribution in [3.63, 3.8) is 0 Å². The molecule has 1 aromatic carbocycles. The van der Waals surface area contributed by atoms with E-state index >= 15 is 0 Å². The standard InChI is InChI=1S/C18H20F2N2O4/c1-9(2)25-17(24)14-10(3)15(21-11(14)4)16(23)22-12-7-5-6-8-13(12)26-18(19)20/h5-9,18,21H,1-4H3,(H,22,23). The molecule has 0 spiro atoms. The van der Waals surface area contributed by atoms with Crippen molar-refractivity contribution >= 4 is 17.6 Å². The summed E-state index contributed by atoms with van der Waals surface area (Å²) in [6, 6.07) is 5.85. The third-order valence-corrected chi connectivity index (χ3v) is 3.56. The van der Waals surface area contributed by atoms with Gasteiger partial charge in [0.1, 0.15) is 11.4 Å². The Balaban J connectivity index is 2.28. The Hall–Kier alpha value is -2.90. The molecule has 0 saturated carbocycles. The minimum Gasteiger partial charge on any atom is -0.459 e. The van der Waals surface area contributed by atoms with Crippen LogP contribution in [0.1, 0.15) is 46.0 Å². The minimum absolute atomic E-state index is 0.0933. The smallest absolute Gasteiger partial charge is 0.387 e. The van der Waals surface area contributed by atoms with Crippen molar-refractivity contribution in [2.45, 2.75) is 40.4 Å². The first-order valence-electron chi connectivity index (χ1n) is 7.96. The summed E-state index contributed by atoms with van der Waals surface area (Å²) >= 11 is 0. The normalized spacial score (nSPS) is 10.9. The van der Waals surface area contributed by atoms with E-state index in [9.17, 15) is 18.4 Å². The highest BCUT2D eigenvalue weighted by atomic mass is 19.3. The Labute approximate surface area is 149 Å². The first-order chi connectivity index (χ1) is 12.2. The van der Waals surface area contributed by atoms with Gasteiger partial charge in [-0.1, -0.05) is 12.1 Å². The highest BCUT2D eigenvalue weighted by molar-refractivity contribution is 6.07. The zero-order chi connectivity index (χ0) is 19.4. The average Bonchev–Trinajstić information content (AvgIpc) is 2.83. The zero-order valence-corrected chi connectivity index (χ0v) is 14.9. The first kappa shape index (κ1) is 19.4. The molecular formula is C18H20F2N2O4. The van der Waals surface area contributed by atoms with Crippen LogP contribution in [0.2, 0.25) is 0 Å². The fourth-order valence-electron chi connectivity index (χ4n) is 2.51. The van der Waals surface area contributed by atoms with Crippen LogP contribution >= 0.6 is 0 Å². The number of nitrogens with one attached hydrogen (secondary N) is 2. The molecular weight excluding hydrogens is 346 g/mol. The molecule has 6 nitrogen and oxygen atoms in total. The number of amides is 1. The molecule has 0 fully saturated rings. The number of aromatic amines is 1. The van der Waals surface area contributed by atoms with Crippen LogP contribution in [0, 0.1) is 13.8 Å². The molecule has 2 rings (SSSR count). The van der Waals surface area contributed by atoms with E-state index in [4.69, 9.17) is 4.74 Å². The largest absolute Gasteiger partial charge is 0.459 e. The van der Waals surface area contributed by atoms with Gasteiger partial charge in [0.2, 0.25) is 0 Å². The van der Waals surface area contributed by atoms with Gasteiger partial charge in [0, 0.05) is 5.69 Å². The topological polar surface area (TPSA) is 80.4 Å². The molecule has 0 aliphatic carbocycles. The SMILES string of the molecule is Cc1[nH]c(C(=O)Nc2ccccc2OC(F)F)c(C)c1C(=O)OC(C)C. The van der Waals surface area contributed by atoms with Crippen molar-refractivity contribution in [3.8, 4) is 5.75 Å². The number of ether oxygens (including phenoxy) is 2. The molecule has 0 saturated heterocycles. The van der Waals surface area contributed by atoms with Crippen LogP contribution in [0.4, 0.5) is 14.5 Å². The summed E-state index contributed by atoms with van der Waals surface area (Å²) in [5.41, 5.74) is 1.41. The summed E-state index contributed by atoms with van der Waals surface area (Å²) in [6.45, 7) is 3.69. The molecule has 1 aromatic heterocycles. The van der Waals surface area contributed by atoms with Crippen molar-refractivity contribution in [3.05, 3.63) is 46.8 Å². The van der Waals surface area contributed by atoms with Crippen LogP contribution in [0.15, 0.2) is 24.3 Å². The molecule has 2 N–H and O–H groups in total. The molecule has 2 aromatic rings. The number of hydrogen-bond acceptors (Lipinski definition) is 4. The van der Waals surface area contributed by atoms with Gasteiger partial charge >= 0.3 is 12.6 Å². The number of esters is 1. The van der Waals surface area contributed by atoms with Gasteiger partial charge in [-0.15, -0.1) is 0 Å². The summed E-state index contributed by atoms with van der Waals surface area (Å²) in [6.07, 6.45) is -0.299. The molecule has 1 heterocycles. The monoisotopic (exact) mass is 366 g/mol. The van der Waals surface area contributed by atoms with Crippen LogP contribution in [0.3, 0.4) is 0 Å². The van der Waals surface area contributed by atoms with Crippen LogP contribution in [0.5, 0.6) is 5.75 Å². The number of hydrogen-bond donors (Lipinski definition) is 2. The number of aromatic nitrogens is 1. The summed E-state index contributed by atoms with van der Waals surface area (Å²) in [7, 11) is 0. The molecule has 1 amide bonds. The second-order valence-electron chi connectivity index (χ2n) is 5.91. The first-order valence-corrected chi connectivity index (χ1v) is 7.96. The lowest BCUT2D eigenvalue weighted by atomic mass is 10.1. The predicted molar refractivity (Wildman–Crippen MR) is 91.8 cm³/mol. The van der Waals surface area contributed by atoms with Crippen molar-refractivity contribution < 1.29 is 27.8 Å². The Morgan fingerprint density at radius 3 is 2.42 bits per heavy atom. The number of carbonyl (C=O) groups excluding carboxylic acids is 2. The molecule has 0 radical (unpaired) electrons. The van der Waals surface area contributed by atoms with Crippen molar-refractivity contribution in [2.75, 3.05) is 5.32 Å². The molecule has 0 unspecified atom stereocenters. The lowest BCUT2D eigenvalue weighted by Gasteiger charge is -2.11. The van der Waals surface area contributed by atoms with Gasteiger partial charge in [0.15, 0.2) is 0 Å². The Morgan fingerprint density at radius 2 is 1.81 bits per heavy atom. The molecule has 0 aliphatic rings. The Kier molecular flexibility index (Phi) is 5.97. The Bertz CT molecular complexity index is 816. The number of rotatable bonds is 6. The van der Waals surface area contributed by atoms with E-state index in [1.54, 1.807) is 33.8 Å². The summed E-state index contributed by atoms with van der Waals surface area (Å²) in [4.78, 5) is 27.6. The Morgan fingerprint density at radius 1 is 1.15 bits per heavy atom. The zero-order valence-electron chi connectivity index (χ0n) is 14.9. The highest BCUT2D eigenvalue weighted by Gasteiger charge is 2.24. The maximum atomic E-state index is 12.5.